The van der Waals surface area contributed by atoms with Crippen LogP contribution in [0.15, 0.2) is 0 Å². The van der Waals surface area contributed by atoms with Crippen molar-refractivity contribution in [1.82, 2.24) is 0 Å². The van der Waals surface area contributed by atoms with Crippen molar-refractivity contribution in [2.75, 3.05) is 13.2 Å². The summed E-state index contributed by atoms with van der Waals surface area (Å²) in [6.45, 7) is 13.5. The monoisotopic (exact) mass is 695 g/mol. The molecule has 0 aromatic carbocycles. The molecule has 0 aromatic rings. The van der Waals surface area contributed by atoms with Gasteiger partial charge in [0.25, 0.3) is 0 Å². The minimum absolute atomic E-state index is 0.0682. The maximum absolute atomic E-state index is 12.6. The van der Waals surface area contributed by atoms with Gasteiger partial charge >= 0.3 is 17.9 Å². The Morgan fingerprint density at radius 2 is 0.592 bits per heavy atom. The molecule has 0 radical (unpaired) electrons. The normalized spacial score (nSPS) is 12.2. The fourth-order valence-electron chi connectivity index (χ4n) is 6.17. The second-order valence-electron chi connectivity index (χ2n) is 16.1. The maximum Gasteiger partial charge on any atom is 0.306 e. The molecule has 0 aliphatic rings. The Labute approximate surface area is 304 Å². The highest BCUT2D eigenvalue weighted by Crippen LogP contribution is 2.16. The maximum atomic E-state index is 12.6. The van der Waals surface area contributed by atoms with Gasteiger partial charge in [0.2, 0.25) is 0 Å². The summed E-state index contributed by atoms with van der Waals surface area (Å²) in [6.07, 6.45) is 29.7. The van der Waals surface area contributed by atoms with Crippen LogP contribution in [0.3, 0.4) is 0 Å². The molecule has 6 nitrogen and oxygen atoms in total. The first-order valence-electron chi connectivity index (χ1n) is 21.1. The van der Waals surface area contributed by atoms with E-state index in [1.54, 1.807) is 0 Å². The number of ether oxygens (including phenoxy) is 3. The van der Waals surface area contributed by atoms with Crippen LogP contribution in [0.25, 0.3) is 0 Å². The Hall–Kier alpha value is -1.59. The van der Waals surface area contributed by atoms with Crippen LogP contribution in [0.4, 0.5) is 0 Å². The van der Waals surface area contributed by atoms with Crippen molar-refractivity contribution in [3.05, 3.63) is 0 Å². The lowest BCUT2D eigenvalue weighted by atomic mass is 10.0. The first-order chi connectivity index (χ1) is 23.6. The lowest BCUT2D eigenvalue weighted by Crippen LogP contribution is -2.30. The van der Waals surface area contributed by atoms with Gasteiger partial charge in [0.05, 0.1) is 0 Å². The van der Waals surface area contributed by atoms with Crippen LogP contribution >= 0.6 is 0 Å². The van der Waals surface area contributed by atoms with E-state index in [-0.39, 0.29) is 31.1 Å². The molecule has 0 saturated heterocycles. The second kappa shape index (κ2) is 34.8. The minimum Gasteiger partial charge on any atom is -0.462 e. The third kappa shape index (κ3) is 37.5. The molecule has 49 heavy (non-hydrogen) atoms. The van der Waals surface area contributed by atoms with Crippen molar-refractivity contribution >= 4 is 17.9 Å². The van der Waals surface area contributed by atoms with Crippen LogP contribution in [0.1, 0.15) is 221 Å². The van der Waals surface area contributed by atoms with Gasteiger partial charge in [-0.25, -0.2) is 0 Å². The van der Waals surface area contributed by atoms with Gasteiger partial charge in [-0.05, 0) is 37.0 Å². The second-order valence-corrected chi connectivity index (χ2v) is 16.1. The van der Waals surface area contributed by atoms with Gasteiger partial charge in [0.1, 0.15) is 13.2 Å². The fraction of sp³-hybridized carbons (Fsp3) is 0.930. The van der Waals surface area contributed by atoms with E-state index in [0.29, 0.717) is 19.3 Å². The van der Waals surface area contributed by atoms with Crippen molar-refractivity contribution in [3.63, 3.8) is 0 Å². The average molecular weight is 695 g/mol. The third-order valence-corrected chi connectivity index (χ3v) is 9.40. The van der Waals surface area contributed by atoms with Crippen molar-refractivity contribution in [2.45, 2.75) is 227 Å². The largest absolute Gasteiger partial charge is 0.462 e. The first kappa shape index (κ1) is 47.4. The Morgan fingerprint density at radius 3 is 0.878 bits per heavy atom. The van der Waals surface area contributed by atoms with E-state index in [1.165, 1.54) is 103 Å². The van der Waals surface area contributed by atoms with Gasteiger partial charge in [0.15, 0.2) is 6.10 Å². The summed E-state index contributed by atoms with van der Waals surface area (Å²) in [6, 6.07) is 0. The summed E-state index contributed by atoms with van der Waals surface area (Å²) in [5, 5.41) is 0. The molecular formula is C43H82O6. The molecule has 0 spiro atoms. The van der Waals surface area contributed by atoms with Gasteiger partial charge in [-0.15, -0.1) is 0 Å². The highest BCUT2D eigenvalue weighted by atomic mass is 16.6. The molecule has 0 fully saturated rings. The summed E-state index contributed by atoms with van der Waals surface area (Å²) in [5.74, 6) is 1.47. The van der Waals surface area contributed by atoms with E-state index in [9.17, 15) is 14.4 Å². The van der Waals surface area contributed by atoms with Crippen LogP contribution in [0, 0.1) is 17.8 Å². The predicted molar refractivity (Wildman–Crippen MR) is 206 cm³/mol. The topological polar surface area (TPSA) is 78.9 Å². The molecule has 6 heteroatoms. The zero-order valence-electron chi connectivity index (χ0n) is 33.5. The number of esters is 3. The predicted octanol–water partition coefficient (Wildman–Crippen LogP) is 12.9. The smallest absolute Gasteiger partial charge is 0.306 e. The van der Waals surface area contributed by atoms with Gasteiger partial charge < -0.3 is 14.2 Å². The van der Waals surface area contributed by atoms with Crippen LogP contribution in [-0.4, -0.2) is 37.2 Å². The first-order valence-corrected chi connectivity index (χ1v) is 21.1. The van der Waals surface area contributed by atoms with Crippen molar-refractivity contribution in [3.8, 4) is 0 Å². The quantitative estimate of drug-likeness (QED) is 0.0369. The van der Waals surface area contributed by atoms with Crippen molar-refractivity contribution in [2.24, 2.45) is 17.8 Å². The van der Waals surface area contributed by atoms with Gasteiger partial charge in [-0.2, -0.15) is 0 Å². The van der Waals surface area contributed by atoms with Crippen molar-refractivity contribution in [1.29, 1.82) is 0 Å². The van der Waals surface area contributed by atoms with E-state index in [0.717, 1.165) is 75.5 Å². The van der Waals surface area contributed by atoms with E-state index >= 15 is 0 Å². The number of rotatable bonds is 36. The average Bonchev–Trinajstić information content (AvgIpc) is 3.04. The summed E-state index contributed by atoms with van der Waals surface area (Å²) in [4.78, 5) is 37.5. The molecule has 0 saturated carbocycles. The Bertz CT molecular complexity index is 761. The van der Waals surface area contributed by atoms with Crippen LogP contribution in [0.5, 0.6) is 0 Å². The Balaban J connectivity index is 4.33. The summed E-state index contributed by atoms with van der Waals surface area (Å²) < 4.78 is 16.6. The zero-order valence-corrected chi connectivity index (χ0v) is 33.5. The van der Waals surface area contributed by atoms with Crippen molar-refractivity contribution < 1.29 is 28.6 Å². The van der Waals surface area contributed by atoms with Gasteiger partial charge in [0, 0.05) is 19.3 Å². The van der Waals surface area contributed by atoms with Crippen LogP contribution < -0.4 is 0 Å². The molecule has 0 heterocycles. The van der Waals surface area contributed by atoms with Crippen LogP contribution in [-0.2, 0) is 28.6 Å². The van der Waals surface area contributed by atoms with Crippen LogP contribution in [0.2, 0.25) is 0 Å². The molecule has 0 unspecified atom stereocenters. The number of carbonyl (C=O) groups excluding carboxylic acids is 3. The SMILES string of the molecule is CC(C)CCCCCCCCCCCCC(=O)OC[C@H](COC(=O)CCCCCCCCC(C)C)OC(=O)CCCCCCCCC(C)C. The molecule has 0 aliphatic heterocycles. The van der Waals surface area contributed by atoms with Gasteiger partial charge in [-0.3, -0.25) is 14.4 Å². The molecule has 0 bridgehead atoms. The molecule has 0 amide bonds. The standard InChI is InChI=1S/C43H82O6/c1-37(2)29-23-17-11-9-7-8-10-12-20-26-32-41(44)47-35-40(49-43(46)34-28-22-16-14-19-25-31-39(5)6)36-48-42(45)33-27-21-15-13-18-24-30-38(3)4/h37-40H,7-36H2,1-6H3/t40-/m1/s1. The lowest BCUT2D eigenvalue weighted by molar-refractivity contribution is -0.167. The van der Waals surface area contributed by atoms with E-state index in [4.69, 9.17) is 14.2 Å². The summed E-state index contributed by atoms with van der Waals surface area (Å²) >= 11 is 0. The molecule has 0 rings (SSSR count). The Morgan fingerprint density at radius 1 is 0.347 bits per heavy atom. The molecule has 290 valence electrons. The molecular weight excluding hydrogens is 612 g/mol. The van der Waals surface area contributed by atoms with E-state index in [1.807, 2.05) is 0 Å². The number of carbonyl (C=O) groups is 3. The zero-order chi connectivity index (χ0) is 36.4. The third-order valence-electron chi connectivity index (χ3n) is 9.40. The fourth-order valence-corrected chi connectivity index (χ4v) is 6.17. The lowest BCUT2D eigenvalue weighted by Gasteiger charge is -2.18. The number of hydrogen-bond acceptors (Lipinski definition) is 6. The highest BCUT2D eigenvalue weighted by Gasteiger charge is 2.19. The van der Waals surface area contributed by atoms with E-state index < -0.39 is 6.10 Å². The summed E-state index contributed by atoms with van der Waals surface area (Å²) in [7, 11) is 0. The highest BCUT2D eigenvalue weighted by molar-refractivity contribution is 5.71. The molecule has 0 aliphatic carbocycles. The Kier molecular flexibility index (Phi) is 33.7. The number of hydrogen-bond donors (Lipinski definition) is 0. The molecule has 1 atom stereocenters. The molecule has 0 N–H and O–H groups in total. The summed E-state index contributed by atoms with van der Waals surface area (Å²) in [5.41, 5.74) is 0. The van der Waals surface area contributed by atoms with E-state index in [2.05, 4.69) is 41.5 Å². The minimum atomic E-state index is -0.761. The number of unbranched alkanes of at least 4 members (excludes halogenated alkanes) is 19. The molecule has 0 aromatic heterocycles. The van der Waals surface area contributed by atoms with Gasteiger partial charge in [-0.1, -0.05) is 183 Å².